The van der Waals surface area contributed by atoms with Crippen molar-refractivity contribution >= 4 is 34.2 Å². The number of nitrogens with one attached hydrogen (secondary N) is 1. The molecule has 36 heavy (non-hydrogen) atoms. The van der Waals surface area contributed by atoms with Crippen molar-refractivity contribution in [1.82, 2.24) is 15.0 Å². The van der Waals surface area contributed by atoms with Gasteiger partial charge in [-0.05, 0) is 75.9 Å². The van der Waals surface area contributed by atoms with Crippen LogP contribution in [0.5, 0.6) is 0 Å². The number of carbonyl (C=O) groups is 1. The second-order valence-corrected chi connectivity index (χ2v) is 8.34. The van der Waals surface area contributed by atoms with E-state index in [-0.39, 0.29) is 5.91 Å². The summed E-state index contributed by atoms with van der Waals surface area (Å²) in [6.07, 6.45) is 11.8. The number of piperidine rings is 1. The highest BCUT2D eigenvalue weighted by atomic mass is 16.5. The van der Waals surface area contributed by atoms with Crippen LogP contribution in [0, 0.1) is 0 Å². The van der Waals surface area contributed by atoms with E-state index in [1.807, 2.05) is 58.0 Å². The fourth-order valence-corrected chi connectivity index (χ4v) is 4.03. The zero-order valence-corrected chi connectivity index (χ0v) is 22.0. The normalized spacial score (nSPS) is 14.2. The van der Waals surface area contributed by atoms with Gasteiger partial charge in [0.15, 0.2) is 0 Å². The summed E-state index contributed by atoms with van der Waals surface area (Å²) in [6.45, 7) is 11.9. The van der Waals surface area contributed by atoms with Gasteiger partial charge >= 0.3 is 0 Å². The molecule has 0 radical (unpaired) electrons. The molecule has 7 heteroatoms. The Hall–Kier alpha value is -3.74. The second kappa shape index (κ2) is 13.4. The molecule has 7 nitrogen and oxygen atoms in total. The molecular formula is C29H37N5O2. The fourth-order valence-electron chi connectivity index (χ4n) is 4.03. The van der Waals surface area contributed by atoms with Crippen molar-refractivity contribution in [2.45, 2.75) is 60.3 Å². The molecule has 3 aromatic heterocycles. The lowest BCUT2D eigenvalue weighted by Gasteiger charge is -2.27. The highest BCUT2D eigenvalue weighted by Crippen LogP contribution is 2.23. The van der Waals surface area contributed by atoms with Gasteiger partial charge in [-0.2, -0.15) is 0 Å². The third kappa shape index (κ3) is 6.90. The van der Waals surface area contributed by atoms with Crippen molar-refractivity contribution in [1.29, 1.82) is 0 Å². The molecule has 1 fully saturated rings. The van der Waals surface area contributed by atoms with Crippen LogP contribution >= 0.6 is 0 Å². The van der Waals surface area contributed by atoms with Gasteiger partial charge in [-0.25, -0.2) is 15.0 Å². The second-order valence-electron chi connectivity index (χ2n) is 8.34. The predicted molar refractivity (Wildman–Crippen MR) is 148 cm³/mol. The number of hydrogen-bond acceptors (Lipinski definition) is 6. The van der Waals surface area contributed by atoms with Gasteiger partial charge in [0, 0.05) is 42.5 Å². The van der Waals surface area contributed by atoms with Crippen LogP contribution in [0.25, 0.3) is 16.7 Å². The molecule has 0 unspecified atom stereocenters. The Balaban J connectivity index is 0.00000176. The largest absolute Gasteiger partial charge is 0.460 e. The van der Waals surface area contributed by atoms with Crippen LogP contribution in [-0.2, 0) is 4.74 Å². The first-order chi connectivity index (χ1) is 17.6. The van der Waals surface area contributed by atoms with Crippen molar-refractivity contribution in [2.75, 3.05) is 23.3 Å². The number of pyridine rings is 3. The zero-order valence-electron chi connectivity index (χ0n) is 22.0. The van der Waals surface area contributed by atoms with Crippen LogP contribution in [0.2, 0.25) is 0 Å². The van der Waals surface area contributed by atoms with Gasteiger partial charge < -0.3 is 15.0 Å². The van der Waals surface area contributed by atoms with Crippen LogP contribution in [-0.4, -0.2) is 33.9 Å². The molecule has 0 saturated carbocycles. The number of rotatable bonds is 7. The monoisotopic (exact) mass is 487 g/mol. The van der Waals surface area contributed by atoms with E-state index < -0.39 is 0 Å². The lowest BCUT2D eigenvalue weighted by molar-refractivity contribution is 0.102. The van der Waals surface area contributed by atoms with Gasteiger partial charge in [-0.15, -0.1) is 0 Å². The van der Waals surface area contributed by atoms with Gasteiger partial charge in [0.25, 0.3) is 5.91 Å². The highest BCUT2D eigenvalue weighted by molar-refractivity contribution is 6.04. The Bertz CT molecular complexity index is 1230. The van der Waals surface area contributed by atoms with Gasteiger partial charge in [0.2, 0.25) is 0 Å². The summed E-state index contributed by atoms with van der Waals surface area (Å²) in [7, 11) is 0. The third-order valence-corrected chi connectivity index (χ3v) is 5.78. The number of allylic oxidation sites excluding steroid dienone is 3. The number of hydrogen-bond donors (Lipinski definition) is 1. The minimum Gasteiger partial charge on any atom is -0.460 e. The molecule has 4 heterocycles. The molecule has 1 amide bonds. The molecule has 0 bridgehead atoms. The Morgan fingerprint density at radius 2 is 1.89 bits per heavy atom. The minimum atomic E-state index is -0.221. The standard InChI is InChI=1S/C27H31N5O2.C2H6/c1-4-9-19(3)34-24(5-2)22-11-10-21-18-29-25(17-23(21)30-22)31-27(33)20-12-13-28-26(16-20)32-14-7-6-8-15-32;1-2/h5,9-13,16-18H,4,6-8,14-15H2,1-3H3,(H,29,31,33);1-2H3/b19-9+,24-5-;. The summed E-state index contributed by atoms with van der Waals surface area (Å²) in [5.74, 6) is 2.59. The van der Waals surface area contributed by atoms with Gasteiger partial charge in [-0.1, -0.05) is 20.8 Å². The number of fused-ring (bicyclic) bond motifs is 1. The van der Waals surface area contributed by atoms with E-state index in [0.717, 1.165) is 60.5 Å². The Morgan fingerprint density at radius 1 is 1.11 bits per heavy atom. The van der Waals surface area contributed by atoms with Crippen LogP contribution in [0.1, 0.15) is 76.4 Å². The van der Waals surface area contributed by atoms with Crippen LogP contribution in [0.4, 0.5) is 11.6 Å². The summed E-state index contributed by atoms with van der Waals surface area (Å²) in [6, 6.07) is 9.22. The first-order valence-corrected chi connectivity index (χ1v) is 12.9. The smallest absolute Gasteiger partial charge is 0.257 e. The van der Waals surface area contributed by atoms with Crippen LogP contribution in [0.3, 0.4) is 0 Å². The van der Waals surface area contributed by atoms with Crippen molar-refractivity contribution in [3.05, 3.63) is 71.9 Å². The lowest BCUT2D eigenvalue weighted by atomic mass is 10.1. The van der Waals surface area contributed by atoms with Crippen molar-refractivity contribution in [2.24, 2.45) is 0 Å². The van der Waals surface area contributed by atoms with E-state index in [0.29, 0.717) is 17.1 Å². The maximum atomic E-state index is 12.9. The quantitative estimate of drug-likeness (QED) is 0.362. The zero-order chi connectivity index (χ0) is 25.9. The van der Waals surface area contributed by atoms with Crippen molar-refractivity contribution < 1.29 is 9.53 Å². The summed E-state index contributed by atoms with van der Waals surface area (Å²) in [5, 5.41) is 3.78. The van der Waals surface area contributed by atoms with E-state index in [1.165, 1.54) is 6.42 Å². The topological polar surface area (TPSA) is 80.2 Å². The first kappa shape index (κ1) is 26.9. The number of anilines is 2. The molecule has 1 N–H and O–H groups in total. The van der Waals surface area contributed by atoms with E-state index in [4.69, 9.17) is 9.72 Å². The number of ether oxygens (including phenoxy) is 1. The van der Waals surface area contributed by atoms with Crippen LogP contribution < -0.4 is 10.2 Å². The number of aromatic nitrogens is 3. The molecule has 0 aliphatic carbocycles. The molecule has 1 aliphatic rings. The molecule has 0 aromatic carbocycles. The molecule has 3 aromatic rings. The SMILES string of the molecule is C/C=C(\O/C(C)=C/CC)c1ccc2cnc(NC(=O)c3ccnc(N4CCCCC4)c3)cc2n1.CC. The Morgan fingerprint density at radius 3 is 2.61 bits per heavy atom. The summed E-state index contributed by atoms with van der Waals surface area (Å²) in [5.41, 5.74) is 2.01. The molecule has 190 valence electrons. The molecular weight excluding hydrogens is 450 g/mol. The minimum absolute atomic E-state index is 0.221. The van der Waals surface area contributed by atoms with Gasteiger partial charge in [-0.3, -0.25) is 4.79 Å². The van der Waals surface area contributed by atoms with E-state index in [1.54, 1.807) is 24.5 Å². The van der Waals surface area contributed by atoms with Gasteiger partial charge in [0.1, 0.15) is 23.1 Å². The summed E-state index contributed by atoms with van der Waals surface area (Å²) < 4.78 is 5.95. The average Bonchev–Trinajstić information content (AvgIpc) is 2.93. The fraction of sp³-hybridized carbons (Fsp3) is 0.379. The number of amides is 1. The van der Waals surface area contributed by atoms with Crippen molar-refractivity contribution in [3.8, 4) is 0 Å². The Kier molecular flexibility index (Phi) is 9.98. The predicted octanol–water partition coefficient (Wildman–Crippen LogP) is 6.98. The Labute approximate surface area is 214 Å². The lowest BCUT2D eigenvalue weighted by Crippen LogP contribution is -2.30. The third-order valence-electron chi connectivity index (χ3n) is 5.78. The average molecular weight is 488 g/mol. The molecule has 0 atom stereocenters. The van der Waals surface area contributed by atoms with Crippen molar-refractivity contribution in [3.63, 3.8) is 0 Å². The maximum absolute atomic E-state index is 12.9. The molecule has 1 saturated heterocycles. The molecule has 0 spiro atoms. The van der Waals surface area contributed by atoms with E-state index in [2.05, 4.69) is 27.1 Å². The number of carbonyl (C=O) groups excluding carboxylic acids is 1. The summed E-state index contributed by atoms with van der Waals surface area (Å²) >= 11 is 0. The van der Waals surface area contributed by atoms with E-state index >= 15 is 0 Å². The van der Waals surface area contributed by atoms with Crippen LogP contribution in [0.15, 0.2) is 60.6 Å². The summed E-state index contributed by atoms with van der Waals surface area (Å²) in [4.78, 5) is 28.8. The molecule has 4 rings (SSSR count). The van der Waals surface area contributed by atoms with Gasteiger partial charge in [0.05, 0.1) is 11.3 Å². The molecule has 1 aliphatic heterocycles. The maximum Gasteiger partial charge on any atom is 0.257 e. The van der Waals surface area contributed by atoms with E-state index in [9.17, 15) is 4.79 Å². The highest BCUT2D eigenvalue weighted by Gasteiger charge is 2.15. The number of nitrogens with zero attached hydrogens (tertiary/aromatic N) is 4. The first-order valence-electron chi connectivity index (χ1n) is 12.9.